The number of carbonyl (C=O) groups excluding carboxylic acids is 2. The van der Waals surface area contributed by atoms with Gasteiger partial charge in [-0.2, -0.15) is 5.26 Å². The smallest absolute Gasteiger partial charge is 0.379 e. The average Bonchev–Trinajstić information content (AvgIpc) is 3.17. The lowest BCUT2D eigenvalue weighted by molar-refractivity contribution is -0.147. The number of hydrogen-bond acceptors (Lipinski definition) is 7. The zero-order valence-corrected chi connectivity index (χ0v) is 18.5. The summed E-state index contributed by atoms with van der Waals surface area (Å²) in [5.74, 6) is -0.421. The molecule has 2 aliphatic rings. The first-order valence-electron chi connectivity index (χ1n) is 10.8. The molecule has 9 nitrogen and oxygen atoms in total. The van der Waals surface area contributed by atoms with Gasteiger partial charge in [-0.1, -0.05) is 35.9 Å². The van der Waals surface area contributed by atoms with Crippen LogP contribution in [0.4, 0.5) is 4.79 Å². The molecule has 1 aromatic carbocycles. The van der Waals surface area contributed by atoms with Crippen LogP contribution < -0.4 is 10.6 Å². The molecule has 2 atom stereocenters. The van der Waals surface area contributed by atoms with Crippen LogP contribution in [0.2, 0.25) is 0 Å². The standard InChI is InChI=1S/C23H31N5O4/c1-18(2)14-20(25-22(30)32-28-10-12-31-13-11-28)21(29)26-23(16-24)8-9-27(17-23)15-19-6-4-3-5-7-19/h3-7,20H,1,8-15,17H2,2H3,(H,25,30)(H,26,29). The van der Waals surface area contributed by atoms with Crippen LogP contribution >= 0.6 is 0 Å². The summed E-state index contributed by atoms with van der Waals surface area (Å²) in [4.78, 5) is 32.8. The van der Waals surface area contributed by atoms with Gasteiger partial charge in [-0.25, -0.2) is 4.79 Å². The Morgan fingerprint density at radius 3 is 2.66 bits per heavy atom. The lowest BCUT2D eigenvalue weighted by Crippen LogP contribution is -2.56. The van der Waals surface area contributed by atoms with Gasteiger partial charge in [0.25, 0.3) is 0 Å². The third-order valence-corrected chi connectivity index (χ3v) is 5.52. The molecule has 2 saturated heterocycles. The van der Waals surface area contributed by atoms with E-state index in [0.29, 0.717) is 52.4 Å². The van der Waals surface area contributed by atoms with Crippen molar-refractivity contribution in [2.45, 2.75) is 37.9 Å². The van der Waals surface area contributed by atoms with Gasteiger partial charge < -0.3 is 20.2 Å². The Kier molecular flexibility index (Phi) is 8.22. The normalized spacial score (nSPS) is 22.5. The van der Waals surface area contributed by atoms with Gasteiger partial charge in [0.1, 0.15) is 11.6 Å². The first-order valence-corrected chi connectivity index (χ1v) is 10.8. The summed E-state index contributed by atoms with van der Waals surface area (Å²) in [7, 11) is 0. The summed E-state index contributed by atoms with van der Waals surface area (Å²) < 4.78 is 5.23. The summed E-state index contributed by atoms with van der Waals surface area (Å²) in [5, 5.41) is 16.9. The van der Waals surface area contributed by atoms with E-state index in [2.05, 4.69) is 28.2 Å². The van der Waals surface area contributed by atoms with Crippen molar-refractivity contribution in [1.29, 1.82) is 5.26 Å². The van der Waals surface area contributed by atoms with E-state index in [9.17, 15) is 14.9 Å². The van der Waals surface area contributed by atoms with Gasteiger partial charge in [0, 0.05) is 19.6 Å². The number of nitrogens with zero attached hydrogens (tertiary/aromatic N) is 3. The number of carbonyl (C=O) groups is 2. The number of amides is 2. The fourth-order valence-electron chi connectivity index (χ4n) is 3.89. The second-order valence-electron chi connectivity index (χ2n) is 8.41. The van der Waals surface area contributed by atoms with Crippen LogP contribution in [0.1, 0.15) is 25.3 Å². The minimum Gasteiger partial charge on any atom is -0.379 e. The summed E-state index contributed by atoms with van der Waals surface area (Å²) in [5.41, 5.74) is 0.884. The number of benzene rings is 1. The Hall–Kier alpha value is -2.93. The molecule has 0 aromatic heterocycles. The van der Waals surface area contributed by atoms with Crippen LogP contribution in [0.3, 0.4) is 0 Å². The first kappa shape index (κ1) is 23.7. The molecular formula is C23H31N5O4. The monoisotopic (exact) mass is 441 g/mol. The Bertz CT molecular complexity index is 850. The van der Waals surface area contributed by atoms with Crippen molar-refractivity contribution in [3.05, 3.63) is 48.0 Å². The second-order valence-corrected chi connectivity index (χ2v) is 8.41. The maximum absolute atomic E-state index is 13.1. The Morgan fingerprint density at radius 2 is 2.00 bits per heavy atom. The third-order valence-electron chi connectivity index (χ3n) is 5.52. The predicted molar refractivity (Wildman–Crippen MR) is 118 cm³/mol. The van der Waals surface area contributed by atoms with Crippen molar-refractivity contribution in [3.8, 4) is 6.07 Å². The first-order chi connectivity index (χ1) is 15.4. The number of nitriles is 1. The van der Waals surface area contributed by atoms with Crippen LogP contribution in [0.15, 0.2) is 42.5 Å². The molecular weight excluding hydrogens is 410 g/mol. The third kappa shape index (κ3) is 6.79. The van der Waals surface area contributed by atoms with E-state index in [1.165, 1.54) is 5.06 Å². The maximum atomic E-state index is 13.1. The average molecular weight is 442 g/mol. The van der Waals surface area contributed by atoms with Crippen molar-refractivity contribution in [2.75, 3.05) is 39.4 Å². The fraction of sp³-hybridized carbons (Fsp3) is 0.522. The van der Waals surface area contributed by atoms with E-state index in [1.807, 2.05) is 30.3 Å². The predicted octanol–water partition coefficient (Wildman–Crippen LogP) is 1.58. The number of ether oxygens (including phenoxy) is 1. The summed E-state index contributed by atoms with van der Waals surface area (Å²) in [6.07, 6.45) is 0.0516. The molecule has 2 fully saturated rings. The molecule has 2 heterocycles. The van der Waals surface area contributed by atoms with Crippen molar-refractivity contribution >= 4 is 12.0 Å². The molecule has 2 aliphatic heterocycles. The number of hydrogen-bond donors (Lipinski definition) is 2. The number of nitrogens with one attached hydrogen (secondary N) is 2. The molecule has 172 valence electrons. The molecule has 2 amide bonds. The van der Waals surface area contributed by atoms with Crippen molar-refractivity contribution in [2.24, 2.45) is 0 Å². The molecule has 9 heteroatoms. The molecule has 0 radical (unpaired) electrons. The largest absolute Gasteiger partial charge is 0.426 e. The highest BCUT2D eigenvalue weighted by molar-refractivity contribution is 5.86. The van der Waals surface area contributed by atoms with Gasteiger partial charge in [0.2, 0.25) is 5.91 Å². The van der Waals surface area contributed by atoms with E-state index in [-0.39, 0.29) is 6.42 Å². The molecule has 2 unspecified atom stereocenters. The molecule has 0 saturated carbocycles. The number of likely N-dealkylation sites (tertiary alicyclic amines) is 1. The Morgan fingerprint density at radius 1 is 1.28 bits per heavy atom. The fourth-order valence-corrected chi connectivity index (χ4v) is 3.89. The maximum Gasteiger partial charge on any atom is 0.426 e. The van der Waals surface area contributed by atoms with E-state index < -0.39 is 23.6 Å². The topological polar surface area (TPSA) is 107 Å². The van der Waals surface area contributed by atoms with Gasteiger partial charge in [-0.05, 0) is 25.3 Å². The molecule has 0 aliphatic carbocycles. The Balaban J connectivity index is 1.59. The molecule has 3 rings (SSSR count). The molecule has 0 bridgehead atoms. The quantitative estimate of drug-likeness (QED) is 0.590. The van der Waals surface area contributed by atoms with Crippen molar-refractivity contribution < 1.29 is 19.2 Å². The van der Waals surface area contributed by atoms with Crippen LogP contribution in [0.25, 0.3) is 0 Å². The number of rotatable bonds is 8. The highest BCUT2D eigenvalue weighted by Gasteiger charge is 2.41. The zero-order valence-electron chi connectivity index (χ0n) is 18.5. The summed E-state index contributed by atoms with van der Waals surface area (Å²) in [6.45, 7) is 9.36. The second kappa shape index (κ2) is 11.1. The van der Waals surface area contributed by atoms with Crippen molar-refractivity contribution in [3.63, 3.8) is 0 Å². The Labute approximate surface area is 188 Å². The van der Waals surface area contributed by atoms with E-state index in [4.69, 9.17) is 9.57 Å². The zero-order chi connectivity index (χ0) is 23.0. The highest BCUT2D eigenvalue weighted by atomic mass is 16.7. The van der Waals surface area contributed by atoms with E-state index in [0.717, 1.165) is 11.1 Å². The molecule has 32 heavy (non-hydrogen) atoms. The van der Waals surface area contributed by atoms with Crippen LogP contribution in [0, 0.1) is 11.3 Å². The van der Waals surface area contributed by atoms with Crippen LogP contribution in [-0.4, -0.2) is 72.9 Å². The number of hydroxylamine groups is 2. The SMILES string of the molecule is C=C(C)CC(NC(=O)ON1CCOCC1)C(=O)NC1(C#N)CCN(Cc2ccccc2)C1. The molecule has 2 N–H and O–H groups in total. The molecule has 0 spiro atoms. The lowest BCUT2D eigenvalue weighted by Gasteiger charge is -2.28. The minimum absolute atomic E-state index is 0.249. The van der Waals surface area contributed by atoms with E-state index in [1.54, 1.807) is 6.92 Å². The van der Waals surface area contributed by atoms with Gasteiger partial charge >= 0.3 is 6.09 Å². The van der Waals surface area contributed by atoms with Gasteiger partial charge in [0.05, 0.1) is 32.4 Å². The highest BCUT2D eigenvalue weighted by Crippen LogP contribution is 2.23. The lowest BCUT2D eigenvalue weighted by atomic mass is 9.99. The number of morpholine rings is 1. The molecule has 1 aromatic rings. The van der Waals surface area contributed by atoms with Crippen molar-refractivity contribution in [1.82, 2.24) is 20.6 Å². The van der Waals surface area contributed by atoms with Gasteiger partial charge in [-0.15, -0.1) is 11.6 Å². The van der Waals surface area contributed by atoms with Gasteiger partial charge in [-0.3, -0.25) is 9.69 Å². The minimum atomic E-state index is -1.00. The summed E-state index contributed by atoms with van der Waals surface area (Å²) in [6, 6.07) is 11.4. The van der Waals surface area contributed by atoms with E-state index >= 15 is 0 Å². The van der Waals surface area contributed by atoms with Gasteiger partial charge in [0.15, 0.2) is 0 Å². The van der Waals surface area contributed by atoms with Crippen LogP contribution in [-0.2, 0) is 20.9 Å². The van der Waals surface area contributed by atoms with Crippen LogP contribution in [0.5, 0.6) is 0 Å². The summed E-state index contributed by atoms with van der Waals surface area (Å²) >= 11 is 0.